The number of methoxy groups -OCH3 is 1. The predicted molar refractivity (Wildman–Crippen MR) is 89.3 cm³/mol. The predicted octanol–water partition coefficient (Wildman–Crippen LogP) is 4.23. The lowest BCUT2D eigenvalue weighted by atomic mass is 10.0. The molecule has 0 unspecified atom stereocenters. The topological polar surface area (TPSA) is 65.2 Å². The number of ether oxygens (including phenoxy) is 1. The molecule has 130 valence electrons. The van der Waals surface area contributed by atoms with Crippen LogP contribution in [-0.2, 0) is 17.5 Å². The first-order valence-electron chi connectivity index (χ1n) is 7.22. The molecule has 0 radical (unpaired) electrons. The lowest BCUT2D eigenvalue weighted by molar-refractivity contribution is -0.136. The second-order valence-electron chi connectivity index (χ2n) is 5.28. The molecule has 0 aliphatic heterocycles. The first-order chi connectivity index (χ1) is 11.8. The van der Waals surface area contributed by atoms with Gasteiger partial charge in [-0.1, -0.05) is 0 Å². The zero-order valence-electron chi connectivity index (χ0n) is 13.1. The third-order valence-electron chi connectivity index (χ3n) is 3.65. The van der Waals surface area contributed by atoms with Gasteiger partial charge in [0.05, 0.1) is 23.9 Å². The van der Waals surface area contributed by atoms with Crippen LogP contribution >= 0.6 is 11.3 Å². The molecule has 25 heavy (non-hydrogen) atoms. The van der Waals surface area contributed by atoms with Crippen molar-refractivity contribution in [1.29, 1.82) is 0 Å². The highest BCUT2D eigenvalue weighted by molar-refractivity contribution is 7.19. The molecule has 0 atom stereocenters. The third kappa shape index (κ3) is 3.35. The molecular formula is C17H13F3N2O2S. The van der Waals surface area contributed by atoms with Crippen LogP contribution in [0.2, 0.25) is 0 Å². The maximum absolute atomic E-state index is 13.4. The molecule has 2 heterocycles. The van der Waals surface area contributed by atoms with Crippen molar-refractivity contribution in [2.75, 3.05) is 7.11 Å². The summed E-state index contributed by atoms with van der Waals surface area (Å²) in [5.74, 6) is -0.559. The van der Waals surface area contributed by atoms with Gasteiger partial charge in [0.2, 0.25) is 0 Å². The van der Waals surface area contributed by atoms with E-state index in [0.29, 0.717) is 21.5 Å². The summed E-state index contributed by atoms with van der Waals surface area (Å²) in [6.45, 7) is 0.179. The van der Waals surface area contributed by atoms with Crippen molar-refractivity contribution in [3.05, 3.63) is 52.5 Å². The SMILES string of the molecule is COC(=O)c1ccc(-c2cc(C(F)(F)F)c3sc(CN)cc3c2)nc1. The molecule has 4 nitrogen and oxygen atoms in total. The molecule has 0 bridgehead atoms. The second-order valence-corrected chi connectivity index (χ2v) is 6.42. The minimum absolute atomic E-state index is 0.155. The molecular weight excluding hydrogens is 353 g/mol. The fourth-order valence-electron chi connectivity index (χ4n) is 2.47. The Kier molecular flexibility index (Phi) is 4.49. The summed E-state index contributed by atoms with van der Waals surface area (Å²) in [5, 5.41) is 0.467. The fraction of sp³-hybridized carbons (Fsp3) is 0.176. The van der Waals surface area contributed by atoms with E-state index in [-0.39, 0.29) is 16.8 Å². The van der Waals surface area contributed by atoms with Gasteiger partial charge >= 0.3 is 12.1 Å². The van der Waals surface area contributed by atoms with Gasteiger partial charge in [0.25, 0.3) is 0 Å². The number of pyridine rings is 1. The highest BCUT2D eigenvalue weighted by atomic mass is 32.1. The van der Waals surface area contributed by atoms with E-state index in [2.05, 4.69) is 9.72 Å². The molecule has 2 N–H and O–H groups in total. The van der Waals surface area contributed by atoms with E-state index in [1.807, 2.05) is 0 Å². The van der Waals surface area contributed by atoms with Crippen molar-refractivity contribution in [1.82, 2.24) is 4.98 Å². The van der Waals surface area contributed by atoms with E-state index in [1.165, 1.54) is 25.4 Å². The van der Waals surface area contributed by atoms with Crippen LogP contribution in [0.4, 0.5) is 13.2 Å². The van der Waals surface area contributed by atoms with Gasteiger partial charge < -0.3 is 10.5 Å². The molecule has 0 saturated carbocycles. The number of alkyl halides is 3. The van der Waals surface area contributed by atoms with E-state index in [0.717, 1.165) is 17.4 Å². The number of thiophene rings is 1. The quantitative estimate of drug-likeness (QED) is 0.705. The van der Waals surface area contributed by atoms with Gasteiger partial charge in [-0.2, -0.15) is 13.2 Å². The summed E-state index contributed by atoms with van der Waals surface area (Å²) < 4.78 is 45.0. The summed E-state index contributed by atoms with van der Waals surface area (Å²) in [7, 11) is 1.24. The van der Waals surface area contributed by atoms with Crippen molar-refractivity contribution in [2.45, 2.75) is 12.7 Å². The van der Waals surface area contributed by atoms with Crippen LogP contribution in [0.3, 0.4) is 0 Å². The fourth-order valence-corrected chi connectivity index (χ4v) is 3.52. The zero-order valence-corrected chi connectivity index (χ0v) is 13.9. The molecule has 0 fully saturated rings. The number of nitrogens with two attached hydrogens (primary N) is 1. The van der Waals surface area contributed by atoms with Crippen molar-refractivity contribution in [3.63, 3.8) is 0 Å². The Morgan fingerprint density at radius 1 is 1.28 bits per heavy atom. The van der Waals surface area contributed by atoms with Gasteiger partial charge in [-0.25, -0.2) is 4.79 Å². The number of aromatic nitrogens is 1. The lowest BCUT2D eigenvalue weighted by Gasteiger charge is -2.11. The number of halogens is 3. The number of carbonyl (C=O) groups excluding carboxylic acids is 1. The Hall–Kier alpha value is -2.45. The molecule has 0 saturated heterocycles. The zero-order chi connectivity index (χ0) is 18.2. The molecule has 0 aliphatic carbocycles. The number of esters is 1. The Labute approximate surface area is 145 Å². The molecule has 0 amide bonds. The first-order valence-corrected chi connectivity index (χ1v) is 8.03. The summed E-state index contributed by atoms with van der Waals surface area (Å²) >= 11 is 1.04. The number of hydrogen-bond acceptors (Lipinski definition) is 5. The summed E-state index contributed by atoms with van der Waals surface area (Å²) in [6.07, 6.45) is -3.21. The third-order valence-corrected chi connectivity index (χ3v) is 4.86. The highest BCUT2D eigenvalue weighted by Crippen LogP contribution is 2.41. The summed E-state index contributed by atoms with van der Waals surface area (Å²) in [5.41, 5.74) is 5.71. The van der Waals surface area contributed by atoms with Gasteiger partial charge in [-0.15, -0.1) is 11.3 Å². The molecule has 3 rings (SSSR count). The van der Waals surface area contributed by atoms with E-state index < -0.39 is 17.7 Å². The van der Waals surface area contributed by atoms with Gasteiger partial charge in [-0.3, -0.25) is 4.98 Å². The number of rotatable bonds is 3. The Balaban J connectivity index is 2.14. The normalized spacial score (nSPS) is 11.7. The summed E-state index contributed by atoms with van der Waals surface area (Å²) in [6, 6.07) is 7.32. The molecule has 2 aromatic heterocycles. The average Bonchev–Trinajstić information content (AvgIpc) is 3.02. The van der Waals surface area contributed by atoms with Crippen LogP contribution in [0.15, 0.2) is 36.5 Å². The Morgan fingerprint density at radius 3 is 2.60 bits per heavy atom. The van der Waals surface area contributed by atoms with Crippen molar-refractivity contribution >= 4 is 27.4 Å². The van der Waals surface area contributed by atoms with Crippen LogP contribution in [0, 0.1) is 0 Å². The highest BCUT2D eigenvalue weighted by Gasteiger charge is 2.34. The average molecular weight is 366 g/mol. The van der Waals surface area contributed by atoms with Crippen LogP contribution in [0.5, 0.6) is 0 Å². The van der Waals surface area contributed by atoms with Crippen molar-refractivity contribution in [3.8, 4) is 11.3 Å². The Morgan fingerprint density at radius 2 is 2.04 bits per heavy atom. The van der Waals surface area contributed by atoms with Crippen LogP contribution in [0.25, 0.3) is 21.3 Å². The minimum Gasteiger partial charge on any atom is -0.465 e. The number of hydrogen-bond donors (Lipinski definition) is 1. The van der Waals surface area contributed by atoms with E-state index in [1.54, 1.807) is 12.1 Å². The van der Waals surface area contributed by atoms with Gasteiger partial charge in [0, 0.05) is 27.9 Å². The molecule has 1 aromatic carbocycles. The number of benzene rings is 1. The largest absolute Gasteiger partial charge is 0.465 e. The van der Waals surface area contributed by atoms with Gasteiger partial charge in [0.15, 0.2) is 0 Å². The standard InChI is InChI=1S/C17H13F3N2O2S/c1-24-16(23)9-2-3-14(22-8-9)10-4-11-5-12(7-21)25-15(11)13(6-10)17(18,19)20/h2-6,8H,7,21H2,1H3. The van der Waals surface area contributed by atoms with Gasteiger partial charge in [-0.05, 0) is 35.7 Å². The van der Waals surface area contributed by atoms with E-state index in [4.69, 9.17) is 5.73 Å². The van der Waals surface area contributed by atoms with Crippen LogP contribution in [0.1, 0.15) is 20.8 Å². The van der Waals surface area contributed by atoms with Crippen LogP contribution in [-0.4, -0.2) is 18.1 Å². The molecule has 3 aromatic rings. The Bertz CT molecular complexity index is 933. The molecule has 0 aliphatic rings. The molecule has 8 heteroatoms. The van der Waals surface area contributed by atoms with Crippen LogP contribution < -0.4 is 5.73 Å². The number of fused-ring (bicyclic) bond motifs is 1. The second kappa shape index (κ2) is 6.45. The maximum Gasteiger partial charge on any atom is 0.417 e. The van der Waals surface area contributed by atoms with Crippen molar-refractivity contribution < 1.29 is 22.7 Å². The lowest BCUT2D eigenvalue weighted by Crippen LogP contribution is -2.05. The summed E-state index contributed by atoms with van der Waals surface area (Å²) in [4.78, 5) is 16.2. The number of nitrogens with zero attached hydrogens (tertiary/aromatic N) is 1. The first kappa shape index (κ1) is 17.4. The minimum atomic E-state index is -4.49. The van der Waals surface area contributed by atoms with Crippen molar-refractivity contribution in [2.24, 2.45) is 5.73 Å². The molecule has 0 spiro atoms. The monoisotopic (exact) mass is 366 g/mol. The van der Waals surface area contributed by atoms with E-state index >= 15 is 0 Å². The van der Waals surface area contributed by atoms with E-state index in [9.17, 15) is 18.0 Å². The smallest absolute Gasteiger partial charge is 0.417 e. The maximum atomic E-state index is 13.4. The number of carbonyl (C=O) groups is 1. The van der Waals surface area contributed by atoms with Gasteiger partial charge in [0.1, 0.15) is 0 Å².